The Morgan fingerprint density at radius 2 is 1.65 bits per heavy atom. The average Bonchev–Trinajstić information content (AvgIpc) is 3.31. The first-order valence-electron chi connectivity index (χ1n) is 11.2. The summed E-state index contributed by atoms with van der Waals surface area (Å²) in [4.78, 5) is 0. The van der Waals surface area contributed by atoms with Crippen LogP contribution in [0.5, 0.6) is 11.6 Å². The Morgan fingerprint density at radius 3 is 2.32 bits per heavy atom. The molecule has 34 heavy (non-hydrogen) atoms. The molecule has 1 aliphatic rings. The first kappa shape index (κ1) is 21.4. The number of nitrogens with two attached hydrogens (primary N) is 1. The van der Waals surface area contributed by atoms with Crippen molar-refractivity contribution in [2.75, 3.05) is 6.61 Å². The topological polar surface area (TPSA) is 97.0 Å². The number of aromatic nitrogens is 2. The molecule has 0 saturated heterocycles. The zero-order valence-electron chi connectivity index (χ0n) is 18.8. The van der Waals surface area contributed by atoms with Crippen molar-refractivity contribution in [1.29, 1.82) is 5.26 Å². The quantitative estimate of drug-likeness (QED) is 0.391. The fourth-order valence-electron chi connectivity index (χ4n) is 4.23. The Kier molecular flexibility index (Phi) is 5.75. The summed E-state index contributed by atoms with van der Waals surface area (Å²) in [7, 11) is 0. The number of hydrogen-bond donors (Lipinski definition) is 2. The van der Waals surface area contributed by atoms with E-state index in [1.165, 1.54) is 0 Å². The number of nitrogens with zero attached hydrogens (tertiary/aromatic N) is 2. The molecular weight excluding hydrogens is 424 g/mol. The van der Waals surface area contributed by atoms with Gasteiger partial charge in [0.25, 0.3) is 0 Å². The number of hydrogen-bond acceptors (Lipinski definition) is 5. The summed E-state index contributed by atoms with van der Waals surface area (Å²) in [5.41, 5.74) is 12.2. The first-order chi connectivity index (χ1) is 16.7. The van der Waals surface area contributed by atoms with Crippen LogP contribution in [0.15, 0.2) is 90.3 Å². The van der Waals surface area contributed by atoms with Crippen LogP contribution in [0.25, 0.3) is 22.4 Å². The van der Waals surface area contributed by atoms with Crippen LogP contribution in [0.1, 0.15) is 30.4 Å². The molecule has 0 amide bonds. The molecule has 6 heteroatoms. The van der Waals surface area contributed by atoms with Gasteiger partial charge in [-0.3, -0.25) is 5.10 Å². The van der Waals surface area contributed by atoms with Gasteiger partial charge in [0.2, 0.25) is 11.8 Å². The maximum absolute atomic E-state index is 9.95. The molecule has 2 heterocycles. The minimum atomic E-state index is -0.400. The molecule has 0 radical (unpaired) electrons. The summed E-state index contributed by atoms with van der Waals surface area (Å²) in [6.07, 6.45) is 0.947. The fourth-order valence-corrected chi connectivity index (χ4v) is 4.23. The van der Waals surface area contributed by atoms with Crippen LogP contribution in [0.2, 0.25) is 0 Å². The van der Waals surface area contributed by atoms with Crippen molar-refractivity contribution in [3.8, 4) is 40.1 Å². The third kappa shape index (κ3) is 3.89. The van der Waals surface area contributed by atoms with Crippen LogP contribution in [0, 0.1) is 11.3 Å². The van der Waals surface area contributed by atoms with E-state index in [1.54, 1.807) is 0 Å². The molecule has 0 aliphatic carbocycles. The summed E-state index contributed by atoms with van der Waals surface area (Å²) in [6.45, 7) is 2.74. The Hall–Kier alpha value is -4.50. The van der Waals surface area contributed by atoms with Gasteiger partial charge in [0.15, 0.2) is 0 Å². The molecule has 0 fully saturated rings. The lowest BCUT2D eigenvalue weighted by Gasteiger charge is -2.24. The standard InChI is InChI=1S/C28H24N4O2/c1-2-16-33-22-14-12-21(13-15-22)26-25-24(23(17-29)27(30)34-28(25)32-31-26)20-10-8-19(9-11-20)18-6-4-3-5-7-18/h3-15,24H,2,16,30H2,1H3,(H,31,32). The molecule has 1 aliphatic heterocycles. The van der Waals surface area contributed by atoms with E-state index >= 15 is 0 Å². The van der Waals surface area contributed by atoms with E-state index in [4.69, 9.17) is 15.2 Å². The number of rotatable bonds is 6. The predicted octanol–water partition coefficient (Wildman–Crippen LogP) is 5.75. The van der Waals surface area contributed by atoms with E-state index in [-0.39, 0.29) is 5.88 Å². The third-order valence-corrected chi connectivity index (χ3v) is 5.91. The van der Waals surface area contributed by atoms with Crippen molar-refractivity contribution in [3.63, 3.8) is 0 Å². The summed E-state index contributed by atoms with van der Waals surface area (Å²) < 4.78 is 11.4. The molecule has 1 aromatic heterocycles. The number of nitrogens with one attached hydrogen (secondary N) is 1. The summed E-state index contributed by atoms with van der Waals surface area (Å²) >= 11 is 0. The molecular formula is C28H24N4O2. The molecule has 1 unspecified atom stereocenters. The van der Waals surface area contributed by atoms with E-state index in [0.29, 0.717) is 18.1 Å². The van der Waals surface area contributed by atoms with Gasteiger partial charge in [0.05, 0.1) is 23.8 Å². The van der Waals surface area contributed by atoms with Gasteiger partial charge in [0.1, 0.15) is 17.4 Å². The number of benzene rings is 3. The van der Waals surface area contributed by atoms with Crippen LogP contribution in [-0.4, -0.2) is 16.8 Å². The second-order valence-corrected chi connectivity index (χ2v) is 8.10. The average molecular weight is 449 g/mol. The van der Waals surface area contributed by atoms with Crippen molar-refractivity contribution in [2.24, 2.45) is 5.73 Å². The van der Waals surface area contributed by atoms with Crippen molar-refractivity contribution in [2.45, 2.75) is 19.3 Å². The molecule has 1 atom stereocenters. The monoisotopic (exact) mass is 448 g/mol. The third-order valence-electron chi connectivity index (χ3n) is 5.91. The van der Waals surface area contributed by atoms with Crippen molar-refractivity contribution in [3.05, 3.63) is 101 Å². The van der Waals surface area contributed by atoms with Crippen LogP contribution in [0.3, 0.4) is 0 Å². The van der Waals surface area contributed by atoms with Crippen LogP contribution >= 0.6 is 0 Å². The van der Waals surface area contributed by atoms with Gasteiger partial charge in [-0.15, -0.1) is 5.10 Å². The zero-order valence-corrected chi connectivity index (χ0v) is 18.8. The highest BCUT2D eigenvalue weighted by Gasteiger charge is 2.35. The van der Waals surface area contributed by atoms with E-state index in [0.717, 1.165) is 45.7 Å². The molecule has 0 bridgehead atoms. The smallest absolute Gasteiger partial charge is 0.244 e. The summed E-state index contributed by atoms with van der Waals surface area (Å²) in [5, 5.41) is 17.4. The minimum absolute atomic E-state index is 0.0773. The normalized spacial score (nSPS) is 14.8. The fraction of sp³-hybridized carbons (Fsp3) is 0.143. The molecule has 5 rings (SSSR count). The second-order valence-electron chi connectivity index (χ2n) is 8.10. The number of nitriles is 1. The highest BCUT2D eigenvalue weighted by Crippen LogP contribution is 2.46. The van der Waals surface area contributed by atoms with Crippen LogP contribution in [-0.2, 0) is 0 Å². The number of allylic oxidation sites excluding steroid dienone is 1. The largest absolute Gasteiger partial charge is 0.494 e. The zero-order chi connectivity index (χ0) is 23.5. The maximum Gasteiger partial charge on any atom is 0.244 e. The highest BCUT2D eigenvalue weighted by atomic mass is 16.5. The number of H-pyrrole nitrogens is 1. The van der Waals surface area contributed by atoms with Gasteiger partial charge in [-0.05, 0) is 47.4 Å². The van der Waals surface area contributed by atoms with Crippen molar-refractivity contribution < 1.29 is 9.47 Å². The van der Waals surface area contributed by atoms with E-state index in [2.05, 4.69) is 47.5 Å². The van der Waals surface area contributed by atoms with E-state index in [1.807, 2.05) is 54.6 Å². The molecule has 0 spiro atoms. The predicted molar refractivity (Wildman–Crippen MR) is 131 cm³/mol. The summed E-state index contributed by atoms with van der Waals surface area (Å²) in [6, 6.07) is 28.4. The van der Waals surface area contributed by atoms with Gasteiger partial charge in [-0.2, -0.15) is 5.26 Å². The molecule has 0 saturated carbocycles. The highest BCUT2D eigenvalue weighted by molar-refractivity contribution is 5.72. The van der Waals surface area contributed by atoms with Gasteiger partial charge < -0.3 is 15.2 Å². The minimum Gasteiger partial charge on any atom is -0.494 e. The lowest BCUT2D eigenvalue weighted by Crippen LogP contribution is -2.21. The van der Waals surface area contributed by atoms with E-state index < -0.39 is 5.92 Å². The van der Waals surface area contributed by atoms with Crippen molar-refractivity contribution in [1.82, 2.24) is 10.2 Å². The Bertz CT molecular complexity index is 1360. The van der Waals surface area contributed by atoms with Gasteiger partial charge in [0, 0.05) is 5.56 Å². The molecule has 3 N–H and O–H groups in total. The number of aromatic amines is 1. The van der Waals surface area contributed by atoms with Crippen molar-refractivity contribution >= 4 is 0 Å². The van der Waals surface area contributed by atoms with E-state index in [9.17, 15) is 5.26 Å². The second kappa shape index (κ2) is 9.16. The van der Waals surface area contributed by atoms with Gasteiger partial charge in [-0.25, -0.2) is 0 Å². The lowest BCUT2D eigenvalue weighted by molar-refractivity contribution is 0.317. The van der Waals surface area contributed by atoms with Gasteiger partial charge in [-0.1, -0.05) is 61.5 Å². The molecule has 4 aromatic rings. The molecule has 168 valence electrons. The molecule has 3 aromatic carbocycles. The first-order valence-corrected chi connectivity index (χ1v) is 11.2. The van der Waals surface area contributed by atoms with Crippen LogP contribution < -0.4 is 15.2 Å². The molecule has 6 nitrogen and oxygen atoms in total. The number of fused-ring (bicyclic) bond motifs is 1. The lowest BCUT2D eigenvalue weighted by atomic mass is 9.82. The van der Waals surface area contributed by atoms with Crippen LogP contribution in [0.4, 0.5) is 0 Å². The number of ether oxygens (including phenoxy) is 2. The Morgan fingerprint density at radius 1 is 0.971 bits per heavy atom. The maximum atomic E-state index is 9.95. The SMILES string of the molecule is CCCOc1ccc(-c2[nH]nc3c2C(c2ccc(-c4ccccc4)cc2)C(C#N)=C(N)O3)cc1. The summed E-state index contributed by atoms with van der Waals surface area (Å²) in [5.74, 6) is 0.872. The Labute approximate surface area is 198 Å². The Balaban J connectivity index is 1.56. The van der Waals surface area contributed by atoms with Gasteiger partial charge >= 0.3 is 0 Å².